The SMILES string of the molecule is CC(=O)c1cc(Oc2ccc(Cl)c(C)c2)ccc1[N+](=O)[O-]. The van der Waals surface area contributed by atoms with Crippen LogP contribution < -0.4 is 4.74 Å². The van der Waals surface area contributed by atoms with Gasteiger partial charge >= 0.3 is 0 Å². The van der Waals surface area contributed by atoms with E-state index in [1.165, 1.54) is 25.1 Å². The standard InChI is InChI=1S/C15H12ClNO4/c1-9-7-11(3-5-14(9)16)21-12-4-6-15(17(19)20)13(8-12)10(2)18/h3-8H,1-2H3. The minimum absolute atomic E-state index is 0.0168. The molecule has 0 N–H and O–H groups in total. The molecule has 5 nitrogen and oxygen atoms in total. The van der Waals surface area contributed by atoms with Crippen molar-refractivity contribution in [3.05, 3.63) is 62.7 Å². The number of carbonyl (C=O) groups is 1. The quantitative estimate of drug-likeness (QED) is 0.472. The van der Waals surface area contributed by atoms with E-state index in [1.807, 2.05) is 6.92 Å². The number of Topliss-reactive ketones (excluding diaryl/α,β-unsaturated/α-hetero) is 1. The Labute approximate surface area is 126 Å². The average molecular weight is 306 g/mol. The van der Waals surface area contributed by atoms with Gasteiger partial charge in [0, 0.05) is 11.1 Å². The predicted octanol–water partition coefficient (Wildman–Crippen LogP) is 4.55. The van der Waals surface area contributed by atoms with Gasteiger partial charge in [0.15, 0.2) is 5.78 Å². The predicted molar refractivity (Wildman–Crippen MR) is 79.4 cm³/mol. The molecule has 0 heterocycles. The fourth-order valence-electron chi connectivity index (χ4n) is 1.84. The topological polar surface area (TPSA) is 69.4 Å². The maximum atomic E-state index is 11.5. The van der Waals surface area contributed by atoms with Gasteiger partial charge in [-0.05, 0) is 49.7 Å². The van der Waals surface area contributed by atoms with Gasteiger partial charge in [0.1, 0.15) is 11.5 Å². The van der Waals surface area contributed by atoms with Gasteiger partial charge in [0.2, 0.25) is 0 Å². The number of rotatable bonds is 4. The Morgan fingerprint density at radius 1 is 1.19 bits per heavy atom. The van der Waals surface area contributed by atoms with Gasteiger partial charge in [-0.2, -0.15) is 0 Å². The molecule has 2 rings (SSSR count). The first-order valence-electron chi connectivity index (χ1n) is 6.12. The molecule has 2 aromatic carbocycles. The molecule has 0 fully saturated rings. The molecule has 0 unspecified atom stereocenters. The highest BCUT2D eigenvalue weighted by Crippen LogP contribution is 2.29. The summed E-state index contributed by atoms with van der Waals surface area (Å²) in [6.07, 6.45) is 0. The molecular weight excluding hydrogens is 294 g/mol. The maximum absolute atomic E-state index is 11.5. The highest BCUT2D eigenvalue weighted by molar-refractivity contribution is 6.31. The fraction of sp³-hybridized carbons (Fsp3) is 0.133. The van der Waals surface area contributed by atoms with Gasteiger partial charge in [-0.3, -0.25) is 14.9 Å². The molecule has 0 saturated heterocycles. The average Bonchev–Trinajstić information content (AvgIpc) is 2.42. The molecule has 0 aromatic heterocycles. The van der Waals surface area contributed by atoms with Crippen LogP contribution in [0.4, 0.5) is 5.69 Å². The third-order valence-electron chi connectivity index (χ3n) is 2.91. The lowest BCUT2D eigenvalue weighted by Crippen LogP contribution is -2.00. The van der Waals surface area contributed by atoms with Crippen LogP contribution in [0.25, 0.3) is 0 Å². The lowest BCUT2D eigenvalue weighted by atomic mass is 10.1. The molecular formula is C15H12ClNO4. The molecule has 0 aliphatic rings. The third-order valence-corrected chi connectivity index (χ3v) is 3.33. The summed E-state index contributed by atoms with van der Waals surface area (Å²) < 4.78 is 5.61. The minimum atomic E-state index is -0.590. The van der Waals surface area contributed by atoms with E-state index in [0.717, 1.165) is 5.56 Å². The van der Waals surface area contributed by atoms with Crippen LogP contribution in [0.15, 0.2) is 36.4 Å². The lowest BCUT2D eigenvalue weighted by molar-refractivity contribution is -0.385. The second kappa shape index (κ2) is 5.93. The molecule has 0 aliphatic heterocycles. The maximum Gasteiger partial charge on any atom is 0.280 e. The fourth-order valence-corrected chi connectivity index (χ4v) is 1.95. The zero-order valence-corrected chi connectivity index (χ0v) is 12.2. The summed E-state index contributed by atoms with van der Waals surface area (Å²) in [5.74, 6) is 0.507. The van der Waals surface area contributed by atoms with Gasteiger partial charge in [-0.1, -0.05) is 11.6 Å². The second-order valence-electron chi connectivity index (χ2n) is 4.51. The van der Waals surface area contributed by atoms with Crippen molar-refractivity contribution in [1.82, 2.24) is 0 Å². The van der Waals surface area contributed by atoms with Crippen LogP contribution in [0.3, 0.4) is 0 Å². The van der Waals surface area contributed by atoms with Crippen LogP contribution in [0, 0.1) is 17.0 Å². The van der Waals surface area contributed by atoms with Gasteiger partial charge < -0.3 is 4.74 Å². The molecule has 21 heavy (non-hydrogen) atoms. The first-order valence-corrected chi connectivity index (χ1v) is 6.49. The third kappa shape index (κ3) is 3.38. The Balaban J connectivity index is 2.36. The van der Waals surface area contributed by atoms with Crippen molar-refractivity contribution in [1.29, 1.82) is 0 Å². The van der Waals surface area contributed by atoms with Gasteiger partial charge in [0.25, 0.3) is 5.69 Å². The molecule has 0 spiro atoms. The first kappa shape index (κ1) is 15.0. The number of nitro benzene ring substituents is 1. The van der Waals surface area contributed by atoms with E-state index < -0.39 is 4.92 Å². The number of hydrogen-bond donors (Lipinski definition) is 0. The van der Waals surface area contributed by atoms with Crippen molar-refractivity contribution in [3.8, 4) is 11.5 Å². The number of benzene rings is 2. The van der Waals surface area contributed by atoms with Crippen molar-refractivity contribution in [2.75, 3.05) is 0 Å². The van der Waals surface area contributed by atoms with Crippen LogP contribution in [-0.4, -0.2) is 10.7 Å². The number of aryl methyl sites for hydroxylation is 1. The molecule has 0 bridgehead atoms. The number of halogens is 1. The van der Waals surface area contributed by atoms with Crippen LogP contribution in [0.2, 0.25) is 5.02 Å². The smallest absolute Gasteiger partial charge is 0.280 e. The van der Waals surface area contributed by atoms with Crippen molar-refractivity contribution >= 4 is 23.1 Å². The highest BCUT2D eigenvalue weighted by atomic mass is 35.5. The lowest BCUT2D eigenvalue weighted by Gasteiger charge is -2.08. The minimum Gasteiger partial charge on any atom is -0.457 e. The van der Waals surface area contributed by atoms with Crippen LogP contribution >= 0.6 is 11.6 Å². The number of nitrogens with zero attached hydrogens (tertiary/aromatic N) is 1. The Bertz CT molecular complexity index is 728. The van der Waals surface area contributed by atoms with E-state index in [4.69, 9.17) is 16.3 Å². The van der Waals surface area contributed by atoms with Crippen molar-refractivity contribution in [2.24, 2.45) is 0 Å². The van der Waals surface area contributed by atoms with Crippen LogP contribution in [-0.2, 0) is 0 Å². The number of hydrogen-bond acceptors (Lipinski definition) is 4. The van der Waals surface area contributed by atoms with E-state index in [0.29, 0.717) is 16.5 Å². The molecule has 0 amide bonds. The highest BCUT2D eigenvalue weighted by Gasteiger charge is 2.18. The summed E-state index contributed by atoms with van der Waals surface area (Å²) in [7, 11) is 0. The van der Waals surface area contributed by atoms with E-state index in [2.05, 4.69) is 0 Å². The molecule has 0 saturated carbocycles. The van der Waals surface area contributed by atoms with Crippen LogP contribution in [0.5, 0.6) is 11.5 Å². The van der Waals surface area contributed by atoms with E-state index >= 15 is 0 Å². The molecule has 0 atom stereocenters. The summed E-state index contributed by atoms with van der Waals surface area (Å²) in [6, 6.07) is 9.21. The summed E-state index contributed by atoms with van der Waals surface area (Å²) in [6.45, 7) is 3.12. The monoisotopic (exact) mass is 305 g/mol. The largest absolute Gasteiger partial charge is 0.457 e. The van der Waals surface area contributed by atoms with Crippen LogP contribution in [0.1, 0.15) is 22.8 Å². The number of carbonyl (C=O) groups excluding carboxylic acids is 1. The van der Waals surface area contributed by atoms with Gasteiger partial charge in [0.05, 0.1) is 10.5 Å². The van der Waals surface area contributed by atoms with Crippen molar-refractivity contribution < 1.29 is 14.5 Å². The van der Waals surface area contributed by atoms with Crippen molar-refractivity contribution in [2.45, 2.75) is 13.8 Å². The number of ketones is 1. The number of ether oxygens (including phenoxy) is 1. The Morgan fingerprint density at radius 2 is 1.81 bits per heavy atom. The molecule has 6 heteroatoms. The Kier molecular flexibility index (Phi) is 4.23. The van der Waals surface area contributed by atoms with E-state index in [-0.39, 0.29) is 17.0 Å². The van der Waals surface area contributed by atoms with Crippen molar-refractivity contribution in [3.63, 3.8) is 0 Å². The number of nitro groups is 1. The summed E-state index contributed by atoms with van der Waals surface area (Å²) in [5.41, 5.74) is 0.633. The first-order chi connectivity index (χ1) is 9.88. The summed E-state index contributed by atoms with van der Waals surface area (Å²) >= 11 is 5.93. The Hall–Kier alpha value is -2.40. The Morgan fingerprint density at radius 3 is 2.38 bits per heavy atom. The molecule has 2 aromatic rings. The van der Waals surface area contributed by atoms with Gasteiger partial charge in [-0.15, -0.1) is 0 Å². The van der Waals surface area contributed by atoms with Gasteiger partial charge in [-0.25, -0.2) is 0 Å². The van der Waals surface area contributed by atoms with E-state index in [9.17, 15) is 14.9 Å². The zero-order valence-electron chi connectivity index (χ0n) is 11.4. The second-order valence-corrected chi connectivity index (χ2v) is 4.91. The summed E-state index contributed by atoms with van der Waals surface area (Å²) in [5, 5.41) is 11.5. The molecule has 108 valence electrons. The molecule has 0 aliphatic carbocycles. The normalized spacial score (nSPS) is 10.2. The summed E-state index contributed by atoms with van der Waals surface area (Å²) in [4.78, 5) is 21.8. The van der Waals surface area contributed by atoms with E-state index in [1.54, 1.807) is 18.2 Å². The zero-order chi connectivity index (χ0) is 15.6. The molecule has 0 radical (unpaired) electrons.